The SMILES string of the molecule is N#CCc1ccc(Oc2cc(Cl)ccc2N)cc1. The topological polar surface area (TPSA) is 59.0 Å². The van der Waals surface area contributed by atoms with Crippen molar-refractivity contribution in [2.24, 2.45) is 0 Å². The zero-order valence-corrected chi connectivity index (χ0v) is 10.3. The number of anilines is 1. The molecule has 3 nitrogen and oxygen atoms in total. The van der Waals surface area contributed by atoms with Crippen LogP contribution in [0.4, 0.5) is 5.69 Å². The summed E-state index contributed by atoms with van der Waals surface area (Å²) in [7, 11) is 0. The Hall–Kier alpha value is -2.18. The molecule has 0 aliphatic heterocycles. The molecule has 0 amide bonds. The smallest absolute Gasteiger partial charge is 0.151 e. The number of ether oxygens (including phenoxy) is 1. The Morgan fingerprint density at radius 3 is 2.56 bits per heavy atom. The third kappa shape index (κ3) is 2.93. The number of nitrogens with two attached hydrogens (primary N) is 1. The molecule has 2 N–H and O–H groups in total. The summed E-state index contributed by atoms with van der Waals surface area (Å²) in [6.07, 6.45) is 0.388. The van der Waals surface area contributed by atoms with Gasteiger partial charge in [0.25, 0.3) is 0 Å². The van der Waals surface area contributed by atoms with E-state index in [1.54, 1.807) is 30.3 Å². The Morgan fingerprint density at radius 1 is 1.17 bits per heavy atom. The Labute approximate surface area is 110 Å². The van der Waals surface area contributed by atoms with Crippen molar-refractivity contribution >= 4 is 17.3 Å². The average Bonchev–Trinajstić information content (AvgIpc) is 2.37. The lowest BCUT2D eigenvalue weighted by Crippen LogP contribution is -1.92. The Bertz CT molecular complexity index is 588. The third-order valence-electron chi connectivity index (χ3n) is 2.41. The fraction of sp³-hybridized carbons (Fsp3) is 0.0714. The first-order valence-corrected chi connectivity index (χ1v) is 5.75. The number of nitrogens with zero attached hydrogens (tertiary/aromatic N) is 1. The van der Waals surface area contributed by atoms with Gasteiger partial charge in [0.2, 0.25) is 0 Å². The Balaban J connectivity index is 2.18. The molecule has 0 radical (unpaired) electrons. The van der Waals surface area contributed by atoms with E-state index in [2.05, 4.69) is 6.07 Å². The molecule has 2 aromatic rings. The highest BCUT2D eigenvalue weighted by Crippen LogP contribution is 2.30. The van der Waals surface area contributed by atoms with E-state index in [0.29, 0.717) is 28.6 Å². The van der Waals surface area contributed by atoms with Crippen LogP contribution in [0.2, 0.25) is 5.02 Å². The number of halogens is 1. The van der Waals surface area contributed by atoms with Crippen LogP contribution in [0.1, 0.15) is 5.56 Å². The summed E-state index contributed by atoms with van der Waals surface area (Å²) in [5.74, 6) is 1.18. The van der Waals surface area contributed by atoms with Gasteiger partial charge in [0, 0.05) is 11.1 Å². The first-order chi connectivity index (χ1) is 8.69. The van der Waals surface area contributed by atoms with E-state index in [4.69, 9.17) is 27.3 Å². The molecule has 2 aromatic carbocycles. The summed E-state index contributed by atoms with van der Waals surface area (Å²) in [5.41, 5.74) is 7.26. The molecule has 0 heterocycles. The fourth-order valence-corrected chi connectivity index (χ4v) is 1.65. The second-order valence-corrected chi connectivity index (χ2v) is 4.20. The number of nitrogen functional groups attached to an aromatic ring is 1. The normalized spacial score (nSPS) is 9.78. The zero-order chi connectivity index (χ0) is 13.0. The second-order valence-electron chi connectivity index (χ2n) is 3.76. The molecule has 2 rings (SSSR count). The molecule has 0 atom stereocenters. The minimum atomic E-state index is 0.388. The van der Waals surface area contributed by atoms with E-state index >= 15 is 0 Å². The number of benzene rings is 2. The first-order valence-electron chi connectivity index (χ1n) is 5.38. The summed E-state index contributed by atoms with van der Waals surface area (Å²) in [6.45, 7) is 0. The molecule has 0 fully saturated rings. The van der Waals surface area contributed by atoms with Crippen molar-refractivity contribution < 1.29 is 4.74 Å². The lowest BCUT2D eigenvalue weighted by molar-refractivity contribution is 0.485. The van der Waals surface area contributed by atoms with Crippen LogP contribution in [0.15, 0.2) is 42.5 Å². The summed E-state index contributed by atoms with van der Waals surface area (Å²) < 4.78 is 5.63. The number of hydrogen-bond donors (Lipinski definition) is 1. The highest BCUT2D eigenvalue weighted by molar-refractivity contribution is 6.30. The van der Waals surface area contributed by atoms with E-state index in [1.807, 2.05) is 12.1 Å². The van der Waals surface area contributed by atoms with Gasteiger partial charge >= 0.3 is 0 Å². The molecular formula is C14H11ClN2O. The van der Waals surface area contributed by atoms with Crippen LogP contribution >= 0.6 is 11.6 Å². The van der Waals surface area contributed by atoms with Crippen molar-refractivity contribution in [1.29, 1.82) is 5.26 Å². The molecule has 18 heavy (non-hydrogen) atoms. The number of nitriles is 1. The van der Waals surface area contributed by atoms with E-state index in [0.717, 1.165) is 5.56 Å². The van der Waals surface area contributed by atoms with Crippen LogP contribution in [0.5, 0.6) is 11.5 Å². The van der Waals surface area contributed by atoms with Crippen LogP contribution < -0.4 is 10.5 Å². The highest BCUT2D eigenvalue weighted by atomic mass is 35.5. The average molecular weight is 259 g/mol. The van der Waals surface area contributed by atoms with E-state index in [-0.39, 0.29) is 0 Å². The van der Waals surface area contributed by atoms with Crippen LogP contribution in [0, 0.1) is 11.3 Å². The van der Waals surface area contributed by atoms with Crippen molar-refractivity contribution in [3.8, 4) is 17.6 Å². The molecule has 90 valence electrons. The monoisotopic (exact) mass is 258 g/mol. The molecule has 0 saturated carbocycles. The minimum absolute atomic E-state index is 0.388. The lowest BCUT2D eigenvalue weighted by Gasteiger charge is -2.09. The Kier molecular flexibility index (Phi) is 3.71. The molecule has 4 heteroatoms. The molecule has 0 aliphatic rings. The third-order valence-corrected chi connectivity index (χ3v) is 2.65. The zero-order valence-electron chi connectivity index (χ0n) is 9.56. The molecule has 0 saturated heterocycles. The van der Waals surface area contributed by atoms with Gasteiger partial charge in [-0.05, 0) is 29.8 Å². The molecule has 0 aromatic heterocycles. The molecular weight excluding hydrogens is 248 g/mol. The van der Waals surface area contributed by atoms with Crippen molar-refractivity contribution in [3.63, 3.8) is 0 Å². The van der Waals surface area contributed by atoms with Gasteiger partial charge < -0.3 is 10.5 Å². The van der Waals surface area contributed by atoms with Crippen LogP contribution in [-0.2, 0) is 6.42 Å². The predicted octanol–water partition coefficient (Wildman–Crippen LogP) is 3.78. The van der Waals surface area contributed by atoms with E-state index in [9.17, 15) is 0 Å². The van der Waals surface area contributed by atoms with Gasteiger partial charge in [-0.25, -0.2) is 0 Å². The maximum atomic E-state index is 8.58. The van der Waals surface area contributed by atoms with Crippen LogP contribution in [-0.4, -0.2) is 0 Å². The predicted molar refractivity (Wildman–Crippen MR) is 71.7 cm³/mol. The van der Waals surface area contributed by atoms with Gasteiger partial charge in [0.1, 0.15) is 5.75 Å². The van der Waals surface area contributed by atoms with Crippen molar-refractivity contribution in [2.45, 2.75) is 6.42 Å². The second kappa shape index (κ2) is 5.44. The van der Waals surface area contributed by atoms with Gasteiger partial charge in [-0.2, -0.15) is 5.26 Å². The van der Waals surface area contributed by atoms with Crippen molar-refractivity contribution in [2.75, 3.05) is 5.73 Å². The summed E-state index contributed by atoms with van der Waals surface area (Å²) in [6, 6.07) is 14.5. The van der Waals surface area contributed by atoms with Gasteiger partial charge in [-0.1, -0.05) is 23.7 Å². The van der Waals surface area contributed by atoms with Crippen LogP contribution in [0.25, 0.3) is 0 Å². The van der Waals surface area contributed by atoms with Crippen molar-refractivity contribution in [1.82, 2.24) is 0 Å². The quantitative estimate of drug-likeness (QED) is 0.853. The maximum absolute atomic E-state index is 8.58. The number of hydrogen-bond acceptors (Lipinski definition) is 3. The lowest BCUT2D eigenvalue weighted by atomic mass is 10.2. The Morgan fingerprint density at radius 2 is 1.89 bits per heavy atom. The molecule has 0 unspecified atom stereocenters. The van der Waals surface area contributed by atoms with E-state index in [1.165, 1.54) is 0 Å². The summed E-state index contributed by atoms with van der Waals surface area (Å²) in [4.78, 5) is 0. The van der Waals surface area contributed by atoms with E-state index < -0.39 is 0 Å². The largest absolute Gasteiger partial charge is 0.455 e. The van der Waals surface area contributed by atoms with Gasteiger partial charge in [0.05, 0.1) is 18.2 Å². The minimum Gasteiger partial charge on any atom is -0.455 e. The van der Waals surface area contributed by atoms with Gasteiger partial charge in [-0.15, -0.1) is 0 Å². The molecule has 0 bridgehead atoms. The fourth-order valence-electron chi connectivity index (χ4n) is 1.49. The first kappa shape index (κ1) is 12.3. The summed E-state index contributed by atoms with van der Waals surface area (Å²) in [5, 5.41) is 9.15. The molecule has 0 spiro atoms. The standard InChI is InChI=1S/C14H11ClN2O/c15-11-3-6-13(17)14(9-11)18-12-4-1-10(2-5-12)7-8-16/h1-6,9H,7,17H2. The summed E-state index contributed by atoms with van der Waals surface area (Å²) >= 11 is 5.88. The highest BCUT2D eigenvalue weighted by Gasteiger charge is 2.03. The molecule has 0 aliphatic carbocycles. The number of rotatable bonds is 3. The van der Waals surface area contributed by atoms with Crippen molar-refractivity contribution in [3.05, 3.63) is 53.1 Å². The maximum Gasteiger partial charge on any atom is 0.151 e. The van der Waals surface area contributed by atoms with Gasteiger partial charge in [-0.3, -0.25) is 0 Å². The van der Waals surface area contributed by atoms with Crippen LogP contribution in [0.3, 0.4) is 0 Å². The van der Waals surface area contributed by atoms with Gasteiger partial charge in [0.15, 0.2) is 5.75 Å².